The first-order valence-electron chi connectivity index (χ1n) is 6.18. The molecule has 0 aromatic rings. The lowest BCUT2D eigenvalue weighted by molar-refractivity contribution is 0.193. The van der Waals surface area contributed by atoms with Crippen molar-refractivity contribution >= 4 is 12.6 Å². The summed E-state index contributed by atoms with van der Waals surface area (Å²) in [6, 6.07) is 0. The molecule has 15 heavy (non-hydrogen) atoms. The maximum Gasteiger partial charge on any atom is 0.00405 e. The zero-order valence-electron chi connectivity index (χ0n) is 10.8. The minimum atomic E-state index is 0.359. The van der Waals surface area contributed by atoms with Gasteiger partial charge in [0, 0.05) is 6.54 Å². The fourth-order valence-electron chi connectivity index (χ4n) is 2.29. The van der Waals surface area contributed by atoms with Gasteiger partial charge in [0.1, 0.15) is 0 Å². The van der Waals surface area contributed by atoms with E-state index in [0.717, 1.165) is 5.75 Å². The molecule has 0 N–H and O–H groups in total. The smallest absolute Gasteiger partial charge is 0.00405 e. The van der Waals surface area contributed by atoms with Crippen LogP contribution in [0.5, 0.6) is 0 Å². The number of nitrogens with zero attached hydrogens (tertiary/aromatic N) is 1. The van der Waals surface area contributed by atoms with E-state index in [1.165, 1.54) is 38.9 Å². The molecule has 2 heteroatoms. The summed E-state index contributed by atoms with van der Waals surface area (Å²) in [6.45, 7) is 13.2. The van der Waals surface area contributed by atoms with Crippen molar-refractivity contribution < 1.29 is 0 Å². The van der Waals surface area contributed by atoms with Gasteiger partial charge in [0.2, 0.25) is 0 Å². The van der Waals surface area contributed by atoms with Crippen molar-refractivity contribution in [2.45, 2.75) is 47.0 Å². The van der Waals surface area contributed by atoms with Crippen LogP contribution in [0.1, 0.15) is 47.0 Å². The van der Waals surface area contributed by atoms with Gasteiger partial charge in [-0.3, -0.25) is 0 Å². The lowest BCUT2D eigenvalue weighted by Gasteiger charge is -2.31. The molecule has 0 bridgehead atoms. The van der Waals surface area contributed by atoms with Crippen molar-refractivity contribution in [3.05, 3.63) is 0 Å². The Balaban J connectivity index is 2.45. The van der Waals surface area contributed by atoms with Crippen LogP contribution in [0.2, 0.25) is 0 Å². The summed E-state index contributed by atoms with van der Waals surface area (Å²) in [5.74, 6) is 0.979. The van der Waals surface area contributed by atoms with Gasteiger partial charge in [0.25, 0.3) is 0 Å². The molecule has 1 aliphatic rings. The average Bonchev–Trinajstić information content (AvgIpc) is 2.28. The fourth-order valence-corrected chi connectivity index (χ4v) is 2.39. The fraction of sp³-hybridized carbons (Fsp3) is 1.00. The van der Waals surface area contributed by atoms with Gasteiger partial charge in [-0.05, 0) is 48.9 Å². The van der Waals surface area contributed by atoms with Gasteiger partial charge in [0.05, 0.1) is 0 Å². The maximum atomic E-state index is 4.44. The van der Waals surface area contributed by atoms with Crippen molar-refractivity contribution in [3.8, 4) is 0 Å². The Morgan fingerprint density at radius 2 is 1.87 bits per heavy atom. The second-order valence-electron chi connectivity index (χ2n) is 6.62. The van der Waals surface area contributed by atoms with Crippen molar-refractivity contribution in [2.75, 3.05) is 25.4 Å². The highest BCUT2D eigenvalue weighted by atomic mass is 32.1. The van der Waals surface area contributed by atoms with E-state index in [0.29, 0.717) is 10.8 Å². The molecule has 1 saturated heterocycles. The van der Waals surface area contributed by atoms with Gasteiger partial charge in [-0.1, -0.05) is 27.7 Å². The van der Waals surface area contributed by atoms with Crippen LogP contribution in [0.3, 0.4) is 0 Å². The zero-order valence-corrected chi connectivity index (χ0v) is 11.7. The van der Waals surface area contributed by atoms with E-state index < -0.39 is 0 Å². The third-order valence-electron chi connectivity index (χ3n) is 3.51. The Bertz CT molecular complexity index is 199. The summed E-state index contributed by atoms with van der Waals surface area (Å²) >= 11 is 4.44. The van der Waals surface area contributed by atoms with Gasteiger partial charge in [-0.15, -0.1) is 0 Å². The predicted molar refractivity (Wildman–Crippen MR) is 71.7 cm³/mol. The van der Waals surface area contributed by atoms with Crippen LogP contribution < -0.4 is 0 Å². The molecule has 0 saturated carbocycles. The number of hydrogen-bond donors (Lipinski definition) is 1. The van der Waals surface area contributed by atoms with Crippen molar-refractivity contribution in [3.63, 3.8) is 0 Å². The second kappa shape index (κ2) is 5.09. The largest absolute Gasteiger partial charge is 0.303 e. The number of hydrogen-bond acceptors (Lipinski definition) is 2. The summed E-state index contributed by atoms with van der Waals surface area (Å²) in [5, 5.41) is 0. The van der Waals surface area contributed by atoms with Crippen LogP contribution in [0.25, 0.3) is 0 Å². The minimum Gasteiger partial charge on any atom is -0.303 e. The average molecular weight is 229 g/mol. The van der Waals surface area contributed by atoms with Crippen LogP contribution in [-0.2, 0) is 0 Å². The Labute approximate surface area is 101 Å². The maximum absolute atomic E-state index is 4.44. The SMILES string of the molecule is CC1(C)CCCN(CC(C)(C)CS)CC1. The number of thiol groups is 1. The molecule has 0 atom stereocenters. The summed E-state index contributed by atoms with van der Waals surface area (Å²) < 4.78 is 0. The Morgan fingerprint density at radius 3 is 2.47 bits per heavy atom. The minimum absolute atomic E-state index is 0.359. The van der Waals surface area contributed by atoms with Crippen molar-refractivity contribution in [1.29, 1.82) is 0 Å². The lowest BCUT2D eigenvalue weighted by atomic mass is 9.85. The Morgan fingerprint density at radius 1 is 1.20 bits per heavy atom. The molecule has 90 valence electrons. The van der Waals surface area contributed by atoms with Gasteiger partial charge >= 0.3 is 0 Å². The molecule has 0 spiro atoms. The summed E-state index contributed by atoms with van der Waals surface area (Å²) in [6.07, 6.45) is 4.08. The van der Waals surface area contributed by atoms with Crippen LogP contribution in [0, 0.1) is 10.8 Å². The Kier molecular flexibility index (Phi) is 4.54. The molecule has 0 aromatic heterocycles. The van der Waals surface area contributed by atoms with Crippen molar-refractivity contribution in [1.82, 2.24) is 4.90 Å². The molecule has 0 aliphatic carbocycles. The molecule has 1 fully saturated rings. The molecule has 0 amide bonds. The number of rotatable bonds is 3. The monoisotopic (exact) mass is 229 g/mol. The van der Waals surface area contributed by atoms with E-state index >= 15 is 0 Å². The molecule has 1 heterocycles. The molecule has 0 unspecified atom stereocenters. The van der Waals surface area contributed by atoms with E-state index in [1.807, 2.05) is 0 Å². The summed E-state index contributed by atoms with van der Waals surface area (Å²) in [5.41, 5.74) is 0.914. The highest BCUT2D eigenvalue weighted by molar-refractivity contribution is 7.80. The molecular weight excluding hydrogens is 202 g/mol. The standard InChI is InChI=1S/C13H27NS/c1-12(2)6-5-8-14(9-7-12)10-13(3,4)11-15/h15H,5-11H2,1-4H3. The van der Waals surface area contributed by atoms with E-state index in [4.69, 9.17) is 0 Å². The molecule has 0 radical (unpaired) electrons. The van der Waals surface area contributed by atoms with Crippen molar-refractivity contribution in [2.24, 2.45) is 10.8 Å². The first-order valence-corrected chi connectivity index (χ1v) is 6.81. The third-order valence-corrected chi connectivity index (χ3v) is 4.37. The lowest BCUT2D eigenvalue weighted by Crippen LogP contribution is -2.36. The molecule has 1 aliphatic heterocycles. The molecule has 1 nitrogen and oxygen atoms in total. The molecule has 0 aromatic carbocycles. The molecular formula is C13H27NS. The summed E-state index contributed by atoms with van der Waals surface area (Å²) in [4.78, 5) is 2.63. The highest BCUT2D eigenvalue weighted by Crippen LogP contribution is 2.31. The first kappa shape index (κ1) is 13.4. The normalized spacial score (nSPS) is 23.8. The quantitative estimate of drug-likeness (QED) is 0.726. The van der Waals surface area contributed by atoms with E-state index in [2.05, 4.69) is 45.2 Å². The van der Waals surface area contributed by atoms with Crippen LogP contribution in [-0.4, -0.2) is 30.3 Å². The van der Waals surface area contributed by atoms with Gasteiger partial charge in [-0.2, -0.15) is 12.6 Å². The molecule has 1 rings (SSSR count). The zero-order chi connectivity index (χ0) is 11.5. The second-order valence-corrected chi connectivity index (χ2v) is 6.93. The van der Waals surface area contributed by atoms with Crippen LogP contribution in [0.4, 0.5) is 0 Å². The Hall–Kier alpha value is 0.310. The third kappa shape index (κ3) is 4.78. The predicted octanol–water partition coefficient (Wildman–Crippen LogP) is 3.45. The van der Waals surface area contributed by atoms with E-state index in [1.54, 1.807) is 0 Å². The van der Waals surface area contributed by atoms with E-state index in [9.17, 15) is 0 Å². The van der Waals surface area contributed by atoms with Gasteiger partial charge < -0.3 is 4.90 Å². The topological polar surface area (TPSA) is 3.24 Å². The highest BCUT2D eigenvalue weighted by Gasteiger charge is 2.26. The summed E-state index contributed by atoms with van der Waals surface area (Å²) in [7, 11) is 0. The number of likely N-dealkylation sites (tertiary alicyclic amines) is 1. The first-order chi connectivity index (χ1) is 6.85. The van der Waals surface area contributed by atoms with Gasteiger partial charge in [-0.25, -0.2) is 0 Å². The van der Waals surface area contributed by atoms with E-state index in [-0.39, 0.29) is 0 Å². The van der Waals surface area contributed by atoms with Gasteiger partial charge in [0.15, 0.2) is 0 Å². The van der Waals surface area contributed by atoms with Crippen LogP contribution >= 0.6 is 12.6 Å². The van der Waals surface area contributed by atoms with Crippen LogP contribution in [0.15, 0.2) is 0 Å².